The van der Waals surface area contributed by atoms with Gasteiger partial charge in [0, 0.05) is 17.6 Å². The summed E-state index contributed by atoms with van der Waals surface area (Å²) in [5.74, 6) is -0.560. The molecular weight excluding hydrogens is 408 g/mol. The van der Waals surface area contributed by atoms with Crippen LogP contribution in [0.2, 0.25) is 0 Å². The fourth-order valence-corrected chi connectivity index (χ4v) is 4.25. The van der Waals surface area contributed by atoms with E-state index in [1.165, 1.54) is 4.90 Å². The van der Waals surface area contributed by atoms with Crippen LogP contribution in [0.5, 0.6) is 0 Å². The van der Waals surface area contributed by atoms with E-state index in [4.69, 9.17) is 0 Å². The van der Waals surface area contributed by atoms with Crippen molar-refractivity contribution in [3.05, 3.63) is 34.3 Å². The first kappa shape index (κ1) is 19.9. The molecule has 0 aliphatic carbocycles. The summed E-state index contributed by atoms with van der Waals surface area (Å²) in [6, 6.07) is 6.78. The zero-order valence-corrected chi connectivity index (χ0v) is 17.0. The number of sulfone groups is 1. The van der Waals surface area contributed by atoms with Gasteiger partial charge < -0.3 is 10.2 Å². The molecule has 25 heavy (non-hydrogen) atoms. The number of amides is 2. The van der Waals surface area contributed by atoms with Gasteiger partial charge in [-0.15, -0.1) is 0 Å². The number of carbonyl (C=O) groups excluding carboxylic acids is 2. The first-order chi connectivity index (χ1) is 11.5. The molecular formula is C17H23BrN2O4S. The van der Waals surface area contributed by atoms with Crippen LogP contribution in [0.15, 0.2) is 28.7 Å². The second-order valence-corrected chi connectivity index (χ2v) is 10.0. The van der Waals surface area contributed by atoms with E-state index in [9.17, 15) is 18.0 Å². The molecule has 1 saturated heterocycles. The molecule has 2 rings (SSSR count). The highest BCUT2D eigenvalue weighted by molar-refractivity contribution is 9.10. The minimum atomic E-state index is -3.05. The molecule has 1 fully saturated rings. The third-order valence-corrected chi connectivity index (χ3v) is 6.59. The predicted molar refractivity (Wildman–Crippen MR) is 100 cm³/mol. The van der Waals surface area contributed by atoms with Crippen molar-refractivity contribution in [3.8, 4) is 0 Å². The summed E-state index contributed by atoms with van der Waals surface area (Å²) in [4.78, 5) is 26.7. The lowest BCUT2D eigenvalue weighted by Gasteiger charge is -2.31. The van der Waals surface area contributed by atoms with Crippen molar-refractivity contribution < 1.29 is 18.0 Å². The van der Waals surface area contributed by atoms with Crippen molar-refractivity contribution in [1.82, 2.24) is 10.2 Å². The van der Waals surface area contributed by atoms with Gasteiger partial charge in [-0.25, -0.2) is 8.42 Å². The first-order valence-corrected chi connectivity index (χ1v) is 10.7. The molecule has 1 unspecified atom stereocenters. The highest BCUT2D eigenvalue weighted by Crippen LogP contribution is 2.26. The van der Waals surface area contributed by atoms with Gasteiger partial charge in [0.1, 0.15) is 6.04 Å². The molecule has 1 N–H and O–H groups in total. The fraction of sp³-hybridized carbons (Fsp3) is 0.529. The average molecular weight is 431 g/mol. The molecule has 1 atom stereocenters. The number of halogens is 1. The number of benzene rings is 1. The quantitative estimate of drug-likeness (QED) is 0.783. The molecule has 8 heteroatoms. The molecule has 0 aromatic heterocycles. The molecule has 0 radical (unpaired) electrons. The molecule has 1 heterocycles. The van der Waals surface area contributed by atoms with Gasteiger partial charge in [0.25, 0.3) is 0 Å². The lowest BCUT2D eigenvalue weighted by molar-refractivity contribution is -0.136. The summed E-state index contributed by atoms with van der Waals surface area (Å²) in [6.07, 6.45) is 0. The van der Waals surface area contributed by atoms with Crippen LogP contribution in [0.3, 0.4) is 0 Å². The van der Waals surface area contributed by atoms with Crippen LogP contribution >= 0.6 is 15.9 Å². The van der Waals surface area contributed by atoms with Gasteiger partial charge in [-0.05, 0) is 38.5 Å². The third kappa shape index (κ3) is 4.82. The second kappa shape index (κ2) is 7.45. The van der Waals surface area contributed by atoms with Gasteiger partial charge in [0.2, 0.25) is 11.8 Å². The van der Waals surface area contributed by atoms with Crippen molar-refractivity contribution in [2.45, 2.75) is 32.2 Å². The van der Waals surface area contributed by atoms with Crippen LogP contribution in [-0.2, 0) is 24.8 Å². The molecule has 1 aromatic carbocycles. The molecule has 1 aromatic rings. The van der Waals surface area contributed by atoms with E-state index in [0.717, 1.165) is 10.0 Å². The minimum Gasteiger partial charge on any atom is -0.344 e. The predicted octanol–water partition coefficient (Wildman–Crippen LogP) is 1.49. The SMILES string of the molecule is CC(NC(=O)C(C)(C)c1cccc(Br)c1)C(=O)N1CCS(=O)(=O)CC1. The number of carbonyl (C=O) groups is 2. The molecule has 0 saturated carbocycles. The van der Waals surface area contributed by atoms with Crippen LogP contribution in [0.4, 0.5) is 0 Å². The fourth-order valence-electron chi connectivity index (χ4n) is 2.65. The van der Waals surface area contributed by atoms with E-state index in [1.807, 2.05) is 24.3 Å². The van der Waals surface area contributed by atoms with Gasteiger partial charge in [-0.3, -0.25) is 9.59 Å². The van der Waals surface area contributed by atoms with Crippen LogP contribution in [0.25, 0.3) is 0 Å². The highest BCUT2D eigenvalue weighted by Gasteiger charge is 2.34. The van der Waals surface area contributed by atoms with Gasteiger partial charge in [-0.2, -0.15) is 0 Å². The summed E-state index contributed by atoms with van der Waals surface area (Å²) in [7, 11) is -3.05. The lowest BCUT2D eigenvalue weighted by Crippen LogP contribution is -2.54. The number of nitrogens with one attached hydrogen (secondary N) is 1. The van der Waals surface area contributed by atoms with E-state index < -0.39 is 21.3 Å². The van der Waals surface area contributed by atoms with Crippen molar-refractivity contribution in [2.24, 2.45) is 0 Å². The van der Waals surface area contributed by atoms with Crippen LogP contribution < -0.4 is 5.32 Å². The van der Waals surface area contributed by atoms with E-state index in [2.05, 4.69) is 21.2 Å². The van der Waals surface area contributed by atoms with Gasteiger partial charge in [0.05, 0.1) is 16.9 Å². The summed E-state index contributed by atoms with van der Waals surface area (Å²) >= 11 is 3.40. The molecule has 1 aliphatic rings. The summed E-state index contributed by atoms with van der Waals surface area (Å²) < 4.78 is 23.8. The largest absolute Gasteiger partial charge is 0.344 e. The number of nitrogens with zero attached hydrogens (tertiary/aromatic N) is 1. The smallest absolute Gasteiger partial charge is 0.244 e. The van der Waals surface area contributed by atoms with Crippen LogP contribution in [0.1, 0.15) is 26.3 Å². The topological polar surface area (TPSA) is 83.6 Å². The Hall–Kier alpha value is -1.41. The Morgan fingerprint density at radius 2 is 1.84 bits per heavy atom. The highest BCUT2D eigenvalue weighted by atomic mass is 79.9. The number of hydrogen-bond acceptors (Lipinski definition) is 4. The third-order valence-electron chi connectivity index (χ3n) is 4.49. The Labute approximate surface area is 157 Å². The molecule has 1 aliphatic heterocycles. The zero-order chi connectivity index (χ0) is 18.8. The number of hydrogen-bond donors (Lipinski definition) is 1. The first-order valence-electron chi connectivity index (χ1n) is 8.09. The van der Waals surface area contributed by atoms with E-state index in [1.54, 1.807) is 20.8 Å². The molecule has 0 spiro atoms. The maximum absolute atomic E-state index is 12.7. The van der Waals surface area contributed by atoms with Gasteiger partial charge >= 0.3 is 0 Å². The molecule has 0 bridgehead atoms. The van der Waals surface area contributed by atoms with Gasteiger partial charge in [0.15, 0.2) is 9.84 Å². The van der Waals surface area contributed by atoms with Crippen molar-refractivity contribution in [1.29, 1.82) is 0 Å². The molecule has 138 valence electrons. The van der Waals surface area contributed by atoms with Crippen LogP contribution in [-0.4, -0.2) is 55.8 Å². The van der Waals surface area contributed by atoms with E-state index in [-0.39, 0.29) is 36.4 Å². The summed E-state index contributed by atoms with van der Waals surface area (Å²) in [6.45, 7) is 5.58. The molecule has 6 nitrogen and oxygen atoms in total. The minimum absolute atomic E-state index is 0.0249. The lowest BCUT2D eigenvalue weighted by atomic mass is 9.83. The Morgan fingerprint density at radius 1 is 1.24 bits per heavy atom. The number of rotatable bonds is 4. The van der Waals surface area contributed by atoms with Crippen molar-refractivity contribution >= 4 is 37.6 Å². The summed E-state index contributed by atoms with van der Waals surface area (Å²) in [5, 5.41) is 2.76. The second-order valence-electron chi connectivity index (χ2n) is 6.81. The van der Waals surface area contributed by atoms with Crippen molar-refractivity contribution in [2.75, 3.05) is 24.6 Å². The van der Waals surface area contributed by atoms with E-state index >= 15 is 0 Å². The standard InChI is InChI=1S/C17H23BrN2O4S/c1-12(15(21)20-7-9-25(23,24)10-8-20)19-16(22)17(2,3)13-5-4-6-14(18)11-13/h4-6,11-12H,7-10H2,1-3H3,(H,19,22). The maximum Gasteiger partial charge on any atom is 0.244 e. The Kier molecular flexibility index (Phi) is 5.93. The van der Waals surface area contributed by atoms with Crippen LogP contribution in [0, 0.1) is 0 Å². The Bertz CT molecular complexity index is 763. The van der Waals surface area contributed by atoms with Gasteiger partial charge in [-0.1, -0.05) is 28.1 Å². The Balaban J connectivity index is 2.03. The zero-order valence-electron chi connectivity index (χ0n) is 14.6. The van der Waals surface area contributed by atoms with Crippen molar-refractivity contribution in [3.63, 3.8) is 0 Å². The average Bonchev–Trinajstić information content (AvgIpc) is 2.54. The normalized spacial score (nSPS) is 18.5. The monoisotopic (exact) mass is 430 g/mol. The van der Waals surface area contributed by atoms with E-state index in [0.29, 0.717) is 0 Å². The Morgan fingerprint density at radius 3 is 2.40 bits per heavy atom. The maximum atomic E-state index is 12.7. The molecule has 2 amide bonds. The summed E-state index contributed by atoms with van der Waals surface area (Å²) in [5.41, 5.74) is 0.0342.